The maximum atomic E-state index is 12.5. The van der Waals surface area contributed by atoms with Gasteiger partial charge in [-0.15, -0.1) is 0 Å². The van der Waals surface area contributed by atoms with Crippen LogP contribution < -0.4 is 5.73 Å². The van der Waals surface area contributed by atoms with Crippen LogP contribution >= 0.6 is 0 Å². The molecule has 2 saturated carbocycles. The number of aliphatic carboxylic acids is 1. The molecule has 19 heavy (non-hydrogen) atoms. The number of amides is 1. The van der Waals surface area contributed by atoms with Crippen LogP contribution in [0.2, 0.25) is 0 Å². The number of nitrogens with zero attached hydrogens (tertiary/aromatic N) is 1. The molecule has 4 atom stereocenters. The van der Waals surface area contributed by atoms with Gasteiger partial charge in [-0.25, -0.2) is 4.79 Å². The number of carboxylic acids is 1. The van der Waals surface area contributed by atoms with Crippen molar-refractivity contribution in [1.82, 2.24) is 4.90 Å². The molecule has 3 fully saturated rings. The number of rotatable bonds is 3. The third-order valence-corrected chi connectivity index (χ3v) is 5.80. The van der Waals surface area contributed by atoms with E-state index in [1.165, 1.54) is 4.90 Å². The predicted octanol–water partition coefficient (Wildman–Crippen LogP) is 0.681. The van der Waals surface area contributed by atoms with E-state index in [1.807, 2.05) is 6.92 Å². The Labute approximate surface area is 113 Å². The Morgan fingerprint density at radius 3 is 2.37 bits per heavy atom. The number of carbonyl (C=O) groups is 2. The Bertz CT molecular complexity index is 456. The van der Waals surface area contributed by atoms with Crippen LogP contribution in [0.25, 0.3) is 0 Å². The highest BCUT2D eigenvalue weighted by molar-refractivity contribution is 5.89. The van der Waals surface area contributed by atoms with Crippen LogP contribution in [0.1, 0.15) is 33.6 Å². The molecule has 0 aromatic carbocycles. The summed E-state index contributed by atoms with van der Waals surface area (Å²) in [6.45, 7) is 6.73. The molecular weight excluding hydrogens is 244 g/mol. The summed E-state index contributed by atoms with van der Waals surface area (Å²) in [5.41, 5.74) is 5.98. The molecule has 0 spiro atoms. The van der Waals surface area contributed by atoms with Gasteiger partial charge in [-0.1, -0.05) is 20.8 Å². The van der Waals surface area contributed by atoms with Gasteiger partial charge in [-0.05, 0) is 29.6 Å². The van der Waals surface area contributed by atoms with E-state index in [-0.39, 0.29) is 22.7 Å². The molecule has 1 aliphatic heterocycles. The van der Waals surface area contributed by atoms with E-state index in [2.05, 4.69) is 13.8 Å². The lowest BCUT2D eigenvalue weighted by molar-refractivity contribution is -0.151. The van der Waals surface area contributed by atoms with Gasteiger partial charge < -0.3 is 15.7 Å². The van der Waals surface area contributed by atoms with Crippen molar-refractivity contribution in [3.8, 4) is 0 Å². The molecule has 1 amide bonds. The van der Waals surface area contributed by atoms with Crippen molar-refractivity contribution in [2.75, 3.05) is 6.54 Å². The predicted molar refractivity (Wildman–Crippen MR) is 69.2 cm³/mol. The monoisotopic (exact) mass is 266 g/mol. The molecule has 5 heteroatoms. The van der Waals surface area contributed by atoms with Crippen LogP contribution in [-0.4, -0.2) is 40.5 Å². The molecule has 3 N–H and O–H groups in total. The second-order valence-electron chi connectivity index (χ2n) is 7.36. The number of hydrogen-bond acceptors (Lipinski definition) is 3. The zero-order chi connectivity index (χ0) is 14.2. The summed E-state index contributed by atoms with van der Waals surface area (Å²) in [4.78, 5) is 25.5. The summed E-state index contributed by atoms with van der Waals surface area (Å²) in [7, 11) is 0. The van der Waals surface area contributed by atoms with E-state index >= 15 is 0 Å². The number of hydrogen-bond donors (Lipinski definition) is 2. The third kappa shape index (κ3) is 1.64. The van der Waals surface area contributed by atoms with Crippen molar-refractivity contribution in [3.63, 3.8) is 0 Å². The van der Waals surface area contributed by atoms with Crippen LogP contribution in [-0.2, 0) is 9.59 Å². The fraction of sp³-hybridized carbons (Fsp3) is 0.857. The fourth-order valence-corrected chi connectivity index (χ4v) is 3.78. The summed E-state index contributed by atoms with van der Waals surface area (Å²) in [5, 5.41) is 9.43. The Morgan fingerprint density at radius 1 is 1.32 bits per heavy atom. The van der Waals surface area contributed by atoms with E-state index in [0.29, 0.717) is 12.5 Å². The Morgan fingerprint density at radius 2 is 1.89 bits per heavy atom. The lowest BCUT2D eigenvalue weighted by Gasteiger charge is -2.31. The van der Waals surface area contributed by atoms with E-state index in [1.54, 1.807) is 0 Å². The van der Waals surface area contributed by atoms with Gasteiger partial charge in [0.05, 0.1) is 6.04 Å². The van der Waals surface area contributed by atoms with Crippen molar-refractivity contribution < 1.29 is 14.7 Å². The topological polar surface area (TPSA) is 83.6 Å². The average Bonchev–Trinajstić information content (AvgIpc) is 3.09. The van der Waals surface area contributed by atoms with Gasteiger partial charge in [0.15, 0.2) is 0 Å². The van der Waals surface area contributed by atoms with Gasteiger partial charge in [0, 0.05) is 12.5 Å². The Balaban J connectivity index is 1.79. The molecule has 0 radical (unpaired) electrons. The smallest absolute Gasteiger partial charge is 0.326 e. The van der Waals surface area contributed by atoms with Crippen molar-refractivity contribution in [2.24, 2.45) is 28.4 Å². The first-order valence-corrected chi connectivity index (χ1v) is 6.99. The van der Waals surface area contributed by atoms with Crippen molar-refractivity contribution in [2.45, 2.75) is 45.7 Å². The average molecular weight is 266 g/mol. The second kappa shape index (κ2) is 3.51. The van der Waals surface area contributed by atoms with Crippen LogP contribution in [0.4, 0.5) is 0 Å². The van der Waals surface area contributed by atoms with E-state index < -0.39 is 18.1 Å². The standard InChI is InChI=1S/C14H22N2O3/c1-13(2)7-6-16(9(8(7)13)12(18)19)11(17)10(15)14(3)4-5-14/h7-10H,4-6,15H2,1-3H3,(H,18,19)/t7-,8-,9-,10?/m0/s1. The molecule has 1 unspecified atom stereocenters. The molecular formula is C14H22N2O3. The number of likely N-dealkylation sites (tertiary alicyclic amines) is 1. The summed E-state index contributed by atoms with van der Waals surface area (Å²) < 4.78 is 0. The number of nitrogens with two attached hydrogens (primary N) is 1. The van der Waals surface area contributed by atoms with Gasteiger partial charge >= 0.3 is 5.97 Å². The van der Waals surface area contributed by atoms with E-state index in [4.69, 9.17) is 5.73 Å². The summed E-state index contributed by atoms with van der Waals surface area (Å²) in [6.07, 6.45) is 1.92. The van der Waals surface area contributed by atoms with E-state index in [9.17, 15) is 14.7 Å². The minimum Gasteiger partial charge on any atom is -0.480 e. The summed E-state index contributed by atoms with van der Waals surface area (Å²) in [5.74, 6) is -0.653. The zero-order valence-electron chi connectivity index (χ0n) is 11.7. The van der Waals surface area contributed by atoms with E-state index in [0.717, 1.165) is 12.8 Å². The summed E-state index contributed by atoms with van der Waals surface area (Å²) >= 11 is 0. The van der Waals surface area contributed by atoms with Crippen molar-refractivity contribution in [1.29, 1.82) is 0 Å². The fourth-order valence-electron chi connectivity index (χ4n) is 3.78. The highest BCUT2D eigenvalue weighted by Gasteiger charge is 2.70. The number of carboxylic acid groups (broad SMARTS) is 1. The maximum Gasteiger partial charge on any atom is 0.326 e. The van der Waals surface area contributed by atoms with Crippen molar-refractivity contribution in [3.05, 3.63) is 0 Å². The Hall–Kier alpha value is -1.10. The minimum atomic E-state index is -0.889. The first-order valence-electron chi connectivity index (χ1n) is 6.99. The first kappa shape index (κ1) is 12.9. The molecule has 3 rings (SSSR count). The SMILES string of the molecule is CC1(C(N)C(=O)N2C[C@H]3[C@@H]([C@H]2C(=O)O)C3(C)C)CC1. The molecule has 2 aliphatic carbocycles. The van der Waals surface area contributed by atoms with Gasteiger partial charge in [-0.3, -0.25) is 4.79 Å². The molecule has 0 bridgehead atoms. The highest BCUT2D eigenvalue weighted by atomic mass is 16.4. The number of piperidine rings is 1. The molecule has 0 aromatic heterocycles. The number of carbonyl (C=O) groups excluding carboxylic acids is 1. The summed E-state index contributed by atoms with van der Waals surface area (Å²) in [6, 6.07) is -1.23. The lowest BCUT2D eigenvalue weighted by Crippen LogP contribution is -2.53. The molecule has 0 aromatic rings. The molecule has 1 heterocycles. The minimum absolute atomic E-state index is 0.0490. The zero-order valence-corrected chi connectivity index (χ0v) is 11.7. The maximum absolute atomic E-state index is 12.5. The van der Waals surface area contributed by atoms with Crippen LogP contribution in [0.15, 0.2) is 0 Å². The third-order valence-electron chi connectivity index (χ3n) is 5.80. The first-order chi connectivity index (χ1) is 8.70. The molecule has 106 valence electrons. The quantitative estimate of drug-likeness (QED) is 0.787. The molecule has 1 saturated heterocycles. The Kier molecular flexibility index (Phi) is 2.38. The van der Waals surface area contributed by atoms with Gasteiger partial charge in [0.25, 0.3) is 0 Å². The van der Waals surface area contributed by atoms with Crippen LogP contribution in [0.5, 0.6) is 0 Å². The molecule has 3 aliphatic rings. The molecule has 5 nitrogen and oxygen atoms in total. The van der Waals surface area contributed by atoms with Gasteiger partial charge in [-0.2, -0.15) is 0 Å². The van der Waals surface area contributed by atoms with Crippen LogP contribution in [0.3, 0.4) is 0 Å². The largest absolute Gasteiger partial charge is 0.480 e. The van der Waals surface area contributed by atoms with Gasteiger partial charge in [0.2, 0.25) is 5.91 Å². The normalized spacial score (nSPS) is 38.5. The highest BCUT2D eigenvalue weighted by Crippen LogP contribution is 2.65. The van der Waals surface area contributed by atoms with Crippen molar-refractivity contribution >= 4 is 11.9 Å². The number of fused-ring (bicyclic) bond motifs is 1. The van der Waals surface area contributed by atoms with Crippen LogP contribution in [0, 0.1) is 22.7 Å². The lowest BCUT2D eigenvalue weighted by atomic mass is 9.96. The second-order valence-corrected chi connectivity index (χ2v) is 7.36. The van der Waals surface area contributed by atoms with Gasteiger partial charge in [0.1, 0.15) is 6.04 Å².